The SMILES string of the molecule is O=S(=O)([O-])c1ccc2c(c1)-c1nc-2nc2[n-]c(nc3nc(nc4[n-]c(n1)c1ccccc41)-c1ccc(SOO[O-])cc1-3)c1ccc(SOO[O-])cc21.[Cu+2].[Li+].[Li+].[Li+]. The third-order valence-electron chi connectivity index (χ3n) is 8.13. The third kappa shape index (κ3) is 8.13. The number of hydrogen-bond acceptors (Lipinski definition) is 17. The van der Waals surface area contributed by atoms with Gasteiger partial charge in [-0.3, -0.25) is 10.1 Å². The molecule has 0 unspecified atom stereocenters. The second kappa shape index (κ2) is 17.8. The molecule has 0 saturated carbocycles. The van der Waals surface area contributed by atoms with Gasteiger partial charge in [-0.25, -0.2) is 18.4 Å². The smallest absolute Gasteiger partial charge is 0.744 e. The van der Waals surface area contributed by atoms with Crippen molar-refractivity contribution in [2.45, 2.75) is 14.7 Å². The molecule has 9 rings (SSSR count). The maximum atomic E-state index is 12.1. The normalized spacial score (nSPS) is 11.5. The van der Waals surface area contributed by atoms with Crippen LogP contribution in [0, 0.1) is 0 Å². The van der Waals surface area contributed by atoms with E-state index in [2.05, 4.69) is 23.7 Å². The van der Waals surface area contributed by atoms with Gasteiger partial charge in [0.15, 0.2) is 0 Å². The summed E-state index contributed by atoms with van der Waals surface area (Å²) in [4.78, 5) is 38.6. The van der Waals surface area contributed by atoms with Crippen molar-refractivity contribution in [3.63, 3.8) is 0 Å². The second-order valence-corrected chi connectivity index (χ2v) is 14.0. The summed E-state index contributed by atoms with van der Waals surface area (Å²) in [5.74, 6) is 0.658. The summed E-state index contributed by atoms with van der Waals surface area (Å²) < 4.78 is 45.2. The second-order valence-electron chi connectivity index (χ2n) is 11.0. The molecule has 8 bridgehead atoms. The Labute approximate surface area is 370 Å². The Morgan fingerprint density at radius 2 is 0.946 bits per heavy atom. The van der Waals surface area contributed by atoms with Crippen LogP contribution in [0.1, 0.15) is 0 Å². The molecule has 0 spiro atoms. The largest absolute Gasteiger partial charge is 2.00 e. The molecule has 0 aliphatic carbocycles. The first kappa shape index (κ1) is 44.0. The average molecular weight is 834 g/mol. The molecule has 2 aliphatic heterocycles. The maximum absolute atomic E-state index is 12.1. The van der Waals surface area contributed by atoms with Crippen molar-refractivity contribution in [1.82, 2.24) is 39.9 Å². The van der Waals surface area contributed by atoms with Crippen LogP contribution < -0.4 is 77.1 Å². The van der Waals surface area contributed by atoms with Gasteiger partial charge in [0.25, 0.3) is 0 Å². The Bertz CT molecular complexity index is 2930. The van der Waals surface area contributed by atoms with Gasteiger partial charge < -0.3 is 45.0 Å². The molecule has 0 saturated heterocycles. The Balaban J connectivity index is 0.00000150. The van der Waals surface area contributed by atoms with Crippen LogP contribution in [0.4, 0.5) is 0 Å². The molecular weight excluding hydrogens is 821 g/mol. The average Bonchev–Trinajstić information content (AvgIpc) is 3.87. The number of aromatic nitrogens is 8. The van der Waals surface area contributed by atoms with E-state index >= 15 is 0 Å². The number of hydrogen-bond donors (Lipinski definition) is 0. The van der Waals surface area contributed by atoms with E-state index in [1.807, 2.05) is 12.1 Å². The first-order chi connectivity index (χ1) is 25.3. The molecule has 0 amide bonds. The van der Waals surface area contributed by atoms with Crippen LogP contribution in [-0.2, 0) is 45.9 Å². The van der Waals surface area contributed by atoms with Gasteiger partial charge in [-0.1, -0.05) is 42.5 Å². The van der Waals surface area contributed by atoms with Crippen molar-refractivity contribution >= 4 is 78.3 Å². The van der Waals surface area contributed by atoms with Crippen LogP contribution in [0.3, 0.4) is 0 Å². The zero-order chi connectivity index (χ0) is 35.6. The van der Waals surface area contributed by atoms with Gasteiger partial charge in [-0.15, -0.1) is 0 Å². The Morgan fingerprint density at radius 1 is 0.518 bits per heavy atom. The Morgan fingerprint density at radius 3 is 1.46 bits per heavy atom. The minimum absolute atomic E-state index is 0. The molecule has 3 aromatic heterocycles. The molecular formula is C32H13CuLi3N8O9S3. The van der Waals surface area contributed by atoms with Crippen LogP contribution >= 0.6 is 24.1 Å². The molecule has 5 heterocycles. The fraction of sp³-hybridized carbons (Fsp3) is 0. The van der Waals surface area contributed by atoms with E-state index in [4.69, 9.17) is 34.9 Å². The number of benzene rings is 4. The van der Waals surface area contributed by atoms with Gasteiger partial charge in [-0.2, -0.15) is 8.67 Å². The molecule has 56 heavy (non-hydrogen) atoms. The van der Waals surface area contributed by atoms with Crippen molar-refractivity contribution < 1.29 is 116 Å². The van der Waals surface area contributed by atoms with Crippen LogP contribution in [0.15, 0.2) is 93.5 Å². The summed E-state index contributed by atoms with van der Waals surface area (Å²) in [5, 5.41) is 30.4. The Kier molecular flexibility index (Phi) is 14.0. The quantitative estimate of drug-likeness (QED) is 0.0478. The van der Waals surface area contributed by atoms with E-state index < -0.39 is 15.0 Å². The molecule has 4 aromatic carbocycles. The standard InChI is InChI=1S/C32H16N8O9S3.Cu.3Li/c41-46-48-50-14-5-8-19-22(11-14)30-36-27(19)34-25-17-3-1-2-4-18(17)26(33-25)35-32-24-13-16(52(43,44)45)7-10-21(24)29(40-32)39-31-23-12-15(51-49-47-42)6-9-20(23)28(37-30)38-31;;;;/h1-13H,(H3-2,33,34,35,36,37,38,39,40,41,42,43,44,45);;;;/q-2;+2;3*+1/p-3. The van der Waals surface area contributed by atoms with E-state index in [1.165, 1.54) is 18.2 Å². The van der Waals surface area contributed by atoms with Crippen molar-refractivity contribution in [2.24, 2.45) is 0 Å². The summed E-state index contributed by atoms with van der Waals surface area (Å²) in [5.41, 5.74) is 2.61. The van der Waals surface area contributed by atoms with Gasteiger partial charge >= 0.3 is 73.7 Å². The fourth-order valence-corrected chi connectivity index (χ4v) is 7.20. The number of rotatable bonds is 7. The molecule has 0 atom stereocenters. The predicted octanol–water partition coefficient (Wildman–Crippen LogP) is -5.50. The first-order valence-corrected chi connectivity index (χ1v) is 17.6. The third-order valence-corrected chi connectivity index (χ3v) is 10.1. The van der Waals surface area contributed by atoms with E-state index in [0.29, 0.717) is 72.1 Å². The monoisotopic (exact) mass is 833 g/mol. The molecule has 24 heteroatoms. The van der Waals surface area contributed by atoms with Crippen molar-refractivity contribution in [3.05, 3.63) is 78.9 Å². The van der Waals surface area contributed by atoms with Crippen LogP contribution in [0.5, 0.6) is 0 Å². The van der Waals surface area contributed by atoms with Gasteiger partial charge in [0.1, 0.15) is 10.1 Å². The van der Waals surface area contributed by atoms with Crippen LogP contribution in [-0.4, -0.2) is 42.9 Å². The number of nitrogens with zero attached hydrogens (tertiary/aromatic N) is 8. The van der Waals surface area contributed by atoms with E-state index in [0.717, 1.165) is 0 Å². The topological polar surface area (TPSA) is 246 Å². The number of fused-ring (bicyclic) bond motifs is 20. The van der Waals surface area contributed by atoms with Crippen LogP contribution in [0.25, 0.3) is 89.7 Å². The van der Waals surface area contributed by atoms with E-state index in [1.54, 1.807) is 48.5 Å². The molecule has 2 aliphatic rings. The van der Waals surface area contributed by atoms with Gasteiger partial charge in [0, 0.05) is 54.6 Å². The zero-order valence-electron chi connectivity index (χ0n) is 28.8. The Hall–Kier alpha value is -3.08. The van der Waals surface area contributed by atoms with Crippen molar-refractivity contribution in [1.29, 1.82) is 0 Å². The minimum atomic E-state index is -4.84. The maximum Gasteiger partial charge on any atom is 2.00 e. The summed E-state index contributed by atoms with van der Waals surface area (Å²) in [6.45, 7) is 0. The van der Waals surface area contributed by atoms with Gasteiger partial charge in [0.05, 0.1) is 52.3 Å². The van der Waals surface area contributed by atoms with E-state index in [9.17, 15) is 23.5 Å². The summed E-state index contributed by atoms with van der Waals surface area (Å²) in [7, 11) is -4.84. The molecule has 1 radical (unpaired) electrons. The van der Waals surface area contributed by atoms with Crippen LogP contribution in [0.2, 0.25) is 0 Å². The molecule has 267 valence electrons. The predicted molar refractivity (Wildman–Crippen MR) is 178 cm³/mol. The first-order valence-electron chi connectivity index (χ1n) is 14.7. The molecule has 0 fully saturated rings. The summed E-state index contributed by atoms with van der Waals surface area (Å²) in [6, 6.07) is 21.2. The minimum Gasteiger partial charge on any atom is -0.744 e. The molecule has 0 N–H and O–H groups in total. The molecule has 17 nitrogen and oxygen atoms in total. The zero-order valence-corrected chi connectivity index (χ0v) is 32.2. The van der Waals surface area contributed by atoms with E-state index in [-0.39, 0.29) is 125 Å². The summed E-state index contributed by atoms with van der Waals surface area (Å²) >= 11 is 1.37. The molecule has 7 aromatic rings. The fourth-order valence-electron chi connectivity index (χ4n) is 5.91. The van der Waals surface area contributed by atoms with Crippen molar-refractivity contribution in [3.8, 4) is 45.6 Å². The van der Waals surface area contributed by atoms with Gasteiger partial charge in [-0.05, 0) is 57.9 Å². The summed E-state index contributed by atoms with van der Waals surface area (Å²) in [6.07, 6.45) is 0. The van der Waals surface area contributed by atoms with Gasteiger partial charge in [0.2, 0.25) is 0 Å². The van der Waals surface area contributed by atoms with Crippen molar-refractivity contribution in [2.75, 3.05) is 0 Å².